The van der Waals surface area contributed by atoms with Crippen molar-refractivity contribution in [2.24, 2.45) is 10.7 Å². The van der Waals surface area contributed by atoms with Crippen molar-refractivity contribution in [1.82, 2.24) is 10.3 Å². The largest absolute Gasteiger partial charge is 0.473 e. The van der Waals surface area contributed by atoms with Gasteiger partial charge in [0.15, 0.2) is 16.9 Å². The number of thiazole rings is 1. The zero-order valence-electron chi connectivity index (χ0n) is 19.2. The molecule has 0 fully saturated rings. The molecule has 2 aromatic heterocycles. The molecule has 0 aliphatic rings. The summed E-state index contributed by atoms with van der Waals surface area (Å²) >= 11 is 1.42. The SMILES string of the molecule is CCCCOCCCCN=C(N)Nc1nc(-c2ccc(CNC(C)=O)o2)cs1.O=C(O)C(=O)O. The van der Waals surface area contributed by atoms with Crippen LogP contribution in [-0.2, 0) is 25.7 Å². The van der Waals surface area contributed by atoms with Gasteiger partial charge in [0.25, 0.3) is 0 Å². The number of nitrogens with zero attached hydrogens (tertiary/aromatic N) is 2. The van der Waals surface area contributed by atoms with Gasteiger partial charge in [-0.1, -0.05) is 13.3 Å². The van der Waals surface area contributed by atoms with Crippen molar-refractivity contribution >= 4 is 40.3 Å². The Morgan fingerprint density at radius 2 is 1.88 bits per heavy atom. The standard InChI is InChI=1S/C19H29N5O3S.C2H2O4/c1-3-4-10-26-11-6-5-9-21-18(20)24-19-23-16(13-28-19)17-8-7-15(27-17)12-22-14(2)25;3-1(4)2(5)6/h7-8,13H,3-6,9-12H2,1-2H3,(H,22,25)(H3,20,21,23,24);(H,3,4)(H,5,6). The molecule has 188 valence electrons. The smallest absolute Gasteiger partial charge is 0.414 e. The van der Waals surface area contributed by atoms with Crippen molar-refractivity contribution in [3.05, 3.63) is 23.3 Å². The van der Waals surface area contributed by atoms with Gasteiger partial charge in [-0.15, -0.1) is 11.3 Å². The third kappa shape index (κ3) is 12.6. The lowest BCUT2D eigenvalue weighted by Gasteiger charge is -2.03. The minimum atomic E-state index is -1.82. The van der Waals surface area contributed by atoms with E-state index in [4.69, 9.17) is 34.7 Å². The van der Waals surface area contributed by atoms with Crippen LogP contribution in [0.1, 0.15) is 45.3 Å². The number of carboxylic acid groups (broad SMARTS) is 2. The normalized spacial score (nSPS) is 10.8. The van der Waals surface area contributed by atoms with E-state index in [1.807, 2.05) is 17.5 Å². The van der Waals surface area contributed by atoms with Crippen molar-refractivity contribution in [3.63, 3.8) is 0 Å². The first-order valence-corrected chi connectivity index (χ1v) is 11.5. The Hall–Kier alpha value is -3.45. The Balaban J connectivity index is 0.000000852. The van der Waals surface area contributed by atoms with Gasteiger partial charge in [0.1, 0.15) is 11.5 Å². The van der Waals surface area contributed by atoms with E-state index < -0.39 is 11.9 Å². The molecular weight excluding hydrogens is 466 g/mol. The molecular formula is C21H31N5O7S. The second-order valence-corrected chi connectivity index (χ2v) is 7.75. The summed E-state index contributed by atoms with van der Waals surface area (Å²) in [6.07, 6.45) is 4.17. The first-order chi connectivity index (χ1) is 16.2. The van der Waals surface area contributed by atoms with Gasteiger partial charge in [-0.05, 0) is 31.4 Å². The summed E-state index contributed by atoms with van der Waals surface area (Å²) in [7, 11) is 0. The maximum absolute atomic E-state index is 11.0. The number of ether oxygens (including phenoxy) is 1. The maximum Gasteiger partial charge on any atom is 0.414 e. The summed E-state index contributed by atoms with van der Waals surface area (Å²) in [4.78, 5) is 37.9. The van der Waals surface area contributed by atoms with E-state index in [9.17, 15) is 4.79 Å². The molecule has 2 aromatic rings. The summed E-state index contributed by atoms with van der Waals surface area (Å²) in [6.45, 7) is 6.23. The average molecular weight is 498 g/mol. The second kappa shape index (κ2) is 16.2. The molecule has 0 saturated heterocycles. The molecule has 12 nitrogen and oxygen atoms in total. The molecule has 0 atom stereocenters. The topological polar surface area (TPSA) is 189 Å². The van der Waals surface area contributed by atoms with Crippen LogP contribution in [0, 0.1) is 0 Å². The first kappa shape index (κ1) is 28.6. The van der Waals surface area contributed by atoms with Gasteiger partial charge >= 0.3 is 11.9 Å². The van der Waals surface area contributed by atoms with Gasteiger partial charge in [0, 0.05) is 32.1 Å². The number of unbranched alkanes of at least 4 members (excludes halogenated alkanes) is 2. The van der Waals surface area contributed by atoms with E-state index in [2.05, 4.69) is 27.5 Å². The van der Waals surface area contributed by atoms with E-state index in [1.54, 1.807) is 0 Å². The van der Waals surface area contributed by atoms with Crippen molar-refractivity contribution < 1.29 is 33.8 Å². The number of nitrogens with one attached hydrogen (secondary N) is 2. The lowest BCUT2D eigenvalue weighted by molar-refractivity contribution is -0.159. The van der Waals surface area contributed by atoms with Crippen molar-refractivity contribution in [1.29, 1.82) is 0 Å². The van der Waals surface area contributed by atoms with E-state index in [1.165, 1.54) is 18.3 Å². The zero-order chi connectivity index (χ0) is 25.3. The number of aromatic nitrogens is 1. The second-order valence-electron chi connectivity index (χ2n) is 6.89. The van der Waals surface area contributed by atoms with Crippen LogP contribution in [0.15, 0.2) is 26.9 Å². The van der Waals surface area contributed by atoms with Gasteiger partial charge in [0.05, 0.1) is 6.54 Å². The molecule has 0 unspecified atom stereocenters. The Morgan fingerprint density at radius 3 is 2.53 bits per heavy atom. The highest BCUT2D eigenvalue weighted by atomic mass is 32.1. The zero-order valence-corrected chi connectivity index (χ0v) is 20.0. The van der Waals surface area contributed by atoms with E-state index in [-0.39, 0.29) is 5.91 Å². The van der Waals surface area contributed by atoms with E-state index >= 15 is 0 Å². The molecule has 6 N–H and O–H groups in total. The lowest BCUT2D eigenvalue weighted by Crippen LogP contribution is -2.22. The Morgan fingerprint density at radius 1 is 1.18 bits per heavy atom. The molecule has 2 heterocycles. The summed E-state index contributed by atoms with van der Waals surface area (Å²) in [5.74, 6) is -2.09. The average Bonchev–Trinajstić information content (AvgIpc) is 3.44. The maximum atomic E-state index is 11.0. The Bertz CT molecular complexity index is 930. The number of aliphatic imine (C=N–C) groups is 1. The molecule has 0 aliphatic heterocycles. The molecule has 34 heavy (non-hydrogen) atoms. The van der Waals surface area contributed by atoms with Crippen LogP contribution in [0.4, 0.5) is 5.13 Å². The molecule has 0 saturated carbocycles. The number of hydrogen-bond acceptors (Lipinski definition) is 8. The summed E-state index contributed by atoms with van der Waals surface area (Å²) < 4.78 is 11.2. The predicted octanol–water partition coefficient (Wildman–Crippen LogP) is 2.52. The van der Waals surface area contributed by atoms with Gasteiger partial charge < -0.3 is 35.7 Å². The third-order valence-corrected chi connectivity index (χ3v) is 4.73. The number of nitrogens with two attached hydrogens (primary N) is 1. The number of carboxylic acids is 2. The van der Waals surface area contributed by atoms with E-state index in [0.29, 0.717) is 41.4 Å². The molecule has 0 aromatic carbocycles. The van der Waals surface area contributed by atoms with Crippen LogP contribution in [0.25, 0.3) is 11.5 Å². The highest BCUT2D eigenvalue weighted by molar-refractivity contribution is 7.14. The highest BCUT2D eigenvalue weighted by Crippen LogP contribution is 2.26. The number of carbonyl (C=O) groups excluding carboxylic acids is 1. The number of guanidine groups is 1. The Kier molecular flexibility index (Phi) is 13.6. The molecule has 0 aliphatic carbocycles. The number of hydrogen-bond donors (Lipinski definition) is 5. The van der Waals surface area contributed by atoms with Crippen LogP contribution in [0.2, 0.25) is 0 Å². The third-order valence-electron chi connectivity index (χ3n) is 3.97. The van der Waals surface area contributed by atoms with Crippen molar-refractivity contribution in [2.75, 3.05) is 25.1 Å². The van der Waals surface area contributed by atoms with Crippen molar-refractivity contribution in [2.45, 2.75) is 46.1 Å². The summed E-state index contributed by atoms with van der Waals surface area (Å²) in [6, 6.07) is 3.65. The van der Waals surface area contributed by atoms with Crippen LogP contribution >= 0.6 is 11.3 Å². The highest BCUT2D eigenvalue weighted by Gasteiger charge is 2.10. The van der Waals surface area contributed by atoms with Gasteiger partial charge in [-0.25, -0.2) is 14.6 Å². The number of carbonyl (C=O) groups is 3. The number of furan rings is 1. The number of rotatable bonds is 12. The van der Waals surface area contributed by atoms with E-state index in [0.717, 1.165) is 38.9 Å². The molecule has 0 radical (unpaired) electrons. The summed E-state index contributed by atoms with van der Waals surface area (Å²) in [5, 5.41) is 23.0. The fraction of sp³-hybridized carbons (Fsp3) is 0.476. The summed E-state index contributed by atoms with van der Waals surface area (Å²) in [5.41, 5.74) is 6.62. The van der Waals surface area contributed by atoms with Gasteiger partial charge in [-0.2, -0.15) is 0 Å². The van der Waals surface area contributed by atoms with Crippen molar-refractivity contribution in [3.8, 4) is 11.5 Å². The first-order valence-electron chi connectivity index (χ1n) is 10.6. The lowest BCUT2D eigenvalue weighted by atomic mass is 10.3. The molecule has 13 heteroatoms. The fourth-order valence-electron chi connectivity index (χ4n) is 2.28. The molecule has 0 bridgehead atoms. The van der Waals surface area contributed by atoms with Gasteiger partial charge in [-0.3, -0.25) is 9.79 Å². The quantitative estimate of drug-likeness (QED) is 0.126. The van der Waals surface area contributed by atoms with Gasteiger partial charge in [0.2, 0.25) is 5.91 Å². The Labute approximate surface area is 201 Å². The number of anilines is 1. The van der Waals surface area contributed by atoms with Crippen LogP contribution in [-0.4, -0.2) is 58.8 Å². The van der Waals surface area contributed by atoms with Crippen LogP contribution in [0.5, 0.6) is 0 Å². The van der Waals surface area contributed by atoms with Crippen LogP contribution < -0.4 is 16.4 Å². The van der Waals surface area contributed by atoms with Crippen LogP contribution in [0.3, 0.4) is 0 Å². The molecule has 2 rings (SSSR count). The number of amides is 1. The minimum absolute atomic E-state index is 0.100. The monoisotopic (exact) mass is 497 g/mol. The predicted molar refractivity (Wildman–Crippen MR) is 128 cm³/mol. The number of aliphatic carboxylic acids is 2. The fourth-order valence-corrected chi connectivity index (χ4v) is 2.99. The minimum Gasteiger partial charge on any atom is -0.473 e. The molecule has 1 amide bonds. The molecule has 0 spiro atoms.